The molecule has 60 heavy (non-hydrogen) atoms. The Bertz CT molecular complexity index is 907. The minimum absolute atomic E-state index is 0.0589. The van der Waals surface area contributed by atoms with E-state index in [2.05, 4.69) is 13.8 Å². The van der Waals surface area contributed by atoms with E-state index >= 15 is 0 Å². The second-order valence-corrected chi connectivity index (χ2v) is 19.4. The van der Waals surface area contributed by atoms with Crippen molar-refractivity contribution in [2.75, 3.05) is 33.0 Å². The second kappa shape index (κ2) is 47.9. The molecule has 0 bridgehead atoms. The van der Waals surface area contributed by atoms with Crippen molar-refractivity contribution in [2.45, 2.75) is 283 Å². The van der Waals surface area contributed by atoms with E-state index in [1.807, 2.05) is 0 Å². The number of hydrogen-bond acceptors (Lipinski definition) is 8. The first kappa shape index (κ1) is 59.5. The van der Waals surface area contributed by atoms with E-state index in [1.165, 1.54) is 218 Å². The Morgan fingerprint density at radius 1 is 0.450 bits per heavy atom. The number of aliphatic hydroxyl groups excluding tert-OH is 2. The van der Waals surface area contributed by atoms with Crippen LogP contribution in [0.1, 0.15) is 271 Å². The average molecular weight is 877 g/mol. The lowest BCUT2D eigenvalue weighted by Crippen LogP contribution is -2.29. The molecule has 0 spiro atoms. The van der Waals surface area contributed by atoms with Crippen LogP contribution in [0.5, 0.6) is 0 Å². The maximum Gasteiger partial charge on any atom is 0.472 e. The number of unbranched alkanes of at least 4 members (excludes halogenated alkanes) is 37. The Hall–Kier alpha value is -0.540. The van der Waals surface area contributed by atoms with Gasteiger partial charge < -0.3 is 24.6 Å². The van der Waals surface area contributed by atoms with Gasteiger partial charge in [-0.05, 0) is 12.8 Å². The minimum Gasteiger partial charge on any atom is -0.457 e. The SMILES string of the molecule is CCCCCCCCCCCCCCCCCCCCCCOCC(COP(=O)(O)OCC(O)CO)OC(=O)CCCCCCCCCCCCCCCCCCCCC. The quantitative estimate of drug-likeness (QED) is 0.0310. The zero-order valence-electron chi connectivity index (χ0n) is 39.7. The van der Waals surface area contributed by atoms with Crippen molar-refractivity contribution in [1.82, 2.24) is 0 Å². The van der Waals surface area contributed by atoms with Crippen LogP contribution >= 0.6 is 7.82 Å². The third-order valence-electron chi connectivity index (χ3n) is 11.8. The molecular weight excluding hydrogens is 776 g/mol. The van der Waals surface area contributed by atoms with Crippen molar-refractivity contribution in [1.29, 1.82) is 0 Å². The molecule has 0 heterocycles. The first-order chi connectivity index (χ1) is 29.3. The second-order valence-electron chi connectivity index (χ2n) is 17.9. The average Bonchev–Trinajstić information content (AvgIpc) is 3.24. The molecule has 0 rings (SSSR count). The summed E-state index contributed by atoms with van der Waals surface area (Å²) in [5.74, 6) is -0.373. The molecule has 10 heteroatoms. The number of aliphatic hydroxyl groups is 2. The van der Waals surface area contributed by atoms with Gasteiger partial charge in [-0.25, -0.2) is 4.57 Å². The molecule has 360 valence electrons. The van der Waals surface area contributed by atoms with Crippen molar-refractivity contribution >= 4 is 13.8 Å². The lowest BCUT2D eigenvalue weighted by molar-refractivity contribution is -0.154. The smallest absolute Gasteiger partial charge is 0.457 e. The fourth-order valence-corrected chi connectivity index (χ4v) is 8.62. The van der Waals surface area contributed by atoms with E-state index in [9.17, 15) is 19.4 Å². The predicted molar refractivity (Wildman–Crippen MR) is 252 cm³/mol. The van der Waals surface area contributed by atoms with E-state index in [-0.39, 0.29) is 25.6 Å². The van der Waals surface area contributed by atoms with Crippen LogP contribution in [0.3, 0.4) is 0 Å². The molecule has 0 aromatic rings. The summed E-state index contributed by atoms with van der Waals surface area (Å²) in [7, 11) is -4.51. The van der Waals surface area contributed by atoms with Gasteiger partial charge in [-0.3, -0.25) is 13.8 Å². The highest BCUT2D eigenvalue weighted by Crippen LogP contribution is 2.43. The summed E-state index contributed by atoms with van der Waals surface area (Å²) in [4.78, 5) is 22.7. The van der Waals surface area contributed by atoms with Crippen LogP contribution in [0.25, 0.3) is 0 Å². The van der Waals surface area contributed by atoms with E-state index in [0.717, 1.165) is 32.1 Å². The van der Waals surface area contributed by atoms with E-state index < -0.39 is 33.2 Å². The molecule has 0 amide bonds. The number of hydrogen-bond donors (Lipinski definition) is 3. The maximum absolute atomic E-state index is 12.7. The molecule has 0 radical (unpaired) electrons. The molecule has 0 saturated carbocycles. The monoisotopic (exact) mass is 877 g/mol. The molecule has 3 N–H and O–H groups in total. The van der Waals surface area contributed by atoms with Crippen LogP contribution in [-0.2, 0) is 27.9 Å². The number of phosphoric ester groups is 1. The molecule has 0 aliphatic rings. The molecule has 0 aliphatic carbocycles. The van der Waals surface area contributed by atoms with Crippen molar-refractivity contribution in [2.24, 2.45) is 0 Å². The molecule has 0 aromatic heterocycles. The number of ether oxygens (including phenoxy) is 2. The standard InChI is InChI=1S/C50H101O9P/c1-3-5-7-9-11-13-15-17-19-21-23-25-27-29-31-33-35-37-39-41-43-56-46-49(47-58-60(54,55)57-45-48(52)44-51)59-50(53)42-40-38-36-34-32-30-28-26-24-22-20-18-16-14-12-10-8-6-4-2/h48-49,51-52H,3-47H2,1-2H3,(H,54,55). The highest BCUT2D eigenvalue weighted by Gasteiger charge is 2.26. The van der Waals surface area contributed by atoms with Gasteiger partial charge in [-0.1, -0.05) is 251 Å². The first-order valence-corrected chi connectivity index (χ1v) is 27.5. The first-order valence-electron chi connectivity index (χ1n) is 26.0. The molecular formula is C50H101O9P. The van der Waals surface area contributed by atoms with Crippen molar-refractivity contribution in [3.63, 3.8) is 0 Å². The Balaban J connectivity index is 4.01. The fraction of sp³-hybridized carbons (Fsp3) is 0.980. The van der Waals surface area contributed by atoms with Crippen LogP contribution in [0.2, 0.25) is 0 Å². The Kier molecular flexibility index (Phi) is 47.5. The lowest BCUT2D eigenvalue weighted by atomic mass is 10.0. The van der Waals surface area contributed by atoms with Gasteiger partial charge in [0, 0.05) is 13.0 Å². The van der Waals surface area contributed by atoms with Crippen LogP contribution in [-0.4, -0.2) is 66.3 Å². The normalized spacial score (nSPS) is 13.8. The molecule has 0 fully saturated rings. The summed E-state index contributed by atoms with van der Waals surface area (Å²) < 4.78 is 33.6. The molecule has 3 unspecified atom stereocenters. The van der Waals surface area contributed by atoms with Gasteiger partial charge in [0.2, 0.25) is 0 Å². The van der Waals surface area contributed by atoms with Crippen molar-refractivity contribution < 1.29 is 43.0 Å². The summed E-state index contributed by atoms with van der Waals surface area (Å²) in [6.07, 6.45) is 49.3. The lowest BCUT2D eigenvalue weighted by Gasteiger charge is -2.20. The molecule has 3 atom stereocenters. The van der Waals surface area contributed by atoms with E-state index in [4.69, 9.17) is 23.6 Å². The number of esters is 1. The van der Waals surface area contributed by atoms with Crippen LogP contribution in [0.15, 0.2) is 0 Å². The van der Waals surface area contributed by atoms with Gasteiger partial charge in [-0.2, -0.15) is 0 Å². The minimum atomic E-state index is -4.51. The predicted octanol–water partition coefficient (Wildman–Crippen LogP) is 15.0. The highest BCUT2D eigenvalue weighted by molar-refractivity contribution is 7.47. The van der Waals surface area contributed by atoms with Crippen LogP contribution in [0.4, 0.5) is 0 Å². The van der Waals surface area contributed by atoms with Crippen LogP contribution in [0, 0.1) is 0 Å². The van der Waals surface area contributed by atoms with Gasteiger partial charge in [-0.15, -0.1) is 0 Å². The van der Waals surface area contributed by atoms with E-state index in [1.54, 1.807) is 0 Å². The summed E-state index contributed by atoms with van der Waals surface area (Å²) in [5, 5.41) is 18.4. The Morgan fingerprint density at radius 3 is 1.08 bits per heavy atom. The molecule has 0 aliphatic heterocycles. The molecule has 9 nitrogen and oxygen atoms in total. The number of rotatable bonds is 51. The zero-order valence-corrected chi connectivity index (χ0v) is 40.6. The van der Waals surface area contributed by atoms with Gasteiger partial charge >= 0.3 is 13.8 Å². The summed E-state index contributed by atoms with van der Waals surface area (Å²) in [6, 6.07) is 0. The van der Waals surface area contributed by atoms with Crippen molar-refractivity contribution in [3.8, 4) is 0 Å². The molecule has 0 aromatic carbocycles. The fourth-order valence-electron chi connectivity index (χ4n) is 7.83. The highest BCUT2D eigenvalue weighted by atomic mass is 31.2. The van der Waals surface area contributed by atoms with E-state index in [0.29, 0.717) is 6.61 Å². The van der Waals surface area contributed by atoms with Gasteiger partial charge in [0.05, 0.1) is 26.4 Å². The van der Waals surface area contributed by atoms with Crippen LogP contribution < -0.4 is 0 Å². The van der Waals surface area contributed by atoms with Gasteiger partial charge in [0.15, 0.2) is 0 Å². The maximum atomic E-state index is 12.7. The van der Waals surface area contributed by atoms with Crippen molar-refractivity contribution in [3.05, 3.63) is 0 Å². The zero-order chi connectivity index (χ0) is 43.9. The number of phosphoric acid groups is 1. The summed E-state index contributed by atoms with van der Waals surface area (Å²) in [6.45, 7) is 3.61. The van der Waals surface area contributed by atoms with Gasteiger partial charge in [0.1, 0.15) is 12.2 Å². The Labute approximate surface area is 371 Å². The van der Waals surface area contributed by atoms with Gasteiger partial charge in [0.25, 0.3) is 0 Å². The Morgan fingerprint density at radius 2 is 0.750 bits per heavy atom. The molecule has 0 saturated heterocycles. The largest absolute Gasteiger partial charge is 0.472 e. The topological polar surface area (TPSA) is 132 Å². The third-order valence-corrected chi connectivity index (χ3v) is 12.7. The summed E-state index contributed by atoms with van der Waals surface area (Å²) in [5.41, 5.74) is 0. The number of carbonyl (C=O) groups is 1. The number of carbonyl (C=O) groups excluding carboxylic acids is 1. The third kappa shape index (κ3) is 47.0. The summed E-state index contributed by atoms with van der Waals surface area (Å²) >= 11 is 0.